The largest absolute Gasteiger partial charge is 0.493 e. The molecule has 1 heterocycles. The van der Waals surface area contributed by atoms with E-state index in [-0.39, 0.29) is 11.3 Å². The molecule has 0 spiro atoms. The minimum absolute atomic E-state index is 0.0302. The van der Waals surface area contributed by atoms with Gasteiger partial charge in [-0.05, 0) is 47.4 Å². The van der Waals surface area contributed by atoms with Crippen molar-refractivity contribution in [1.82, 2.24) is 4.90 Å². The highest BCUT2D eigenvalue weighted by Crippen LogP contribution is 2.30. The van der Waals surface area contributed by atoms with Crippen molar-refractivity contribution in [1.29, 1.82) is 0 Å². The monoisotopic (exact) mass is 402 g/mol. The van der Waals surface area contributed by atoms with Gasteiger partial charge in [0.25, 0.3) is 0 Å². The molecule has 1 aromatic rings. The molecule has 4 heteroatoms. The molecule has 0 atom stereocenters. The van der Waals surface area contributed by atoms with Crippen LogP contribution in [0.3, 0.4) is 0 Å². The van der Waals surface area contributed by atoms with Gasteiger partial charge in [0, 0.05) is 44.7 Å². The minimum atomic E-state index is 0.0302. The van der Waals surface area contributed by atoms with Crippen molar-refractivity contribution in [2.24, 2.45) is 17.3 Å². The summed E-state index contributed by atoms with van der Waals surface area (Å²) in [7, 11) is 0. The van der Waals surface area contributed by atoms with E-state index in [1.54, 1.807) is 0 Å². The van der Waals surface area contributed by atoms with Crippen molar-refractivity contribution in [2.45, 2.75) is 67.7 Å². The topological polar surface area (TPSA) is 32.8 Å². The summed E-state index contributed by atoms with van der Waals surface area (Å²) in [4.78, 5) is 17.4. The Morgan fingerprint density at radius 1 is 1.07 bits per heavy atom. The van der Waals surface area contributed by atoms with Crippen LogP contribution in [0.4, 0.5) is 5.69 Å². The number of hydrogen-bond donors (Lipinski definition) is 0. The fraction of sp³-hybridized carbons (Fsp3) is 0.720. The van der Waals surface area contributed by atoms with Gasteiger partial charge >= 0.3 is 0 Å². The molecule has 0 radical (unpaired) electrons. The van der Waals surface area contributed by atoms with E-state index in [4.69, 9.17) is 4.74 Å². The summed E-state index contributed by atoms with van der Waals surface area (Å²) in [5.41, 5.74) is 2.63. The average molecular weight is 403 g/mol. The third-order valence-corrected chi connectivity index (χ3v) is 5.10. The van der Waals surface area contributed by atoms with Crippen molar-refractivity contribution in [3.63, 3.8) is 0 Å². The van der Waals surface area contributed by atoms with Gasteiger partial charge in [-0.25, -0.2) is 0 Å². The van der Waals surface area contributed by atoms with E-state index in [1.165, 1.54) is 11.3 Å². The summed E-state index contributed by atoms with van der Waals surface area (Å²) in [5.74, 6) is 2.40. The molecular weight excluding hydrogens is 360 g/mol. The molecule has 1 amide bonds. The van der Waals surface area contributed by atoms with E-state index >= 15 is 0 Å². The molecule has 164 valence electrons. The van der Waals surface area contributed by atoms with Crippen LogP contribution in [0.2, 0.25) is 0 Å². The molecule has 29 heavy (non-hydrogen) atoms. The highest BCUT2D eigenvalue weighted by Gasteiger charge is 2.22. The van der Waals surface area contributed by atoms with Gasteiger partial charge < -0.3 is 14.5 Å². The van der Waals surface area contributed by atoms with E-state index in [0.29, 0.717) is 18.3 Å². The van der Waals surface area contributed by atoms with Crippen molar-refractivity contribution in [2.75, 3.05) is 37.7 Å². The Hall–Kier alpha value is -1.71. The fourth-order valence-electron chi connectivity index (χ4n) is 3.91. The molecule has 0 bridgehead atoms. The summed E-state index contributed by atoms with van der Waals surface area (Å²) in [6.45, 7) is 19.8. The molecular formula is C25H42N2O2. The van der Waals surface area contributed by atoms with Crippen LogP contribution < -0.4 is 9.64 Å². The molecule has 0 N–H and O–H groups in total. The first-order valence-electron chi connectivity index (χ1n) is 11.3. The Kier molecular flexibility index (Phi) is 8.42. The van der Waals surface area contributed by atoms with E-state index in [0.717, 1.165) is 51.4 Å². The van der Waals surface area contributed by atoms with Crippen LogP contribution >= 0.6 is 0 Å². The van der Waals surface area contributed by atoms with Crippen LogP contribution in [-0.2, 0) is 11.2 Å². The summed E-state index contributed by atoms with van der Waals surface area (Å²) in [6.07, 6.45) is 2.60. The number of fused-ring (bicyclic) bond motifs is 1. The molecule has 0 fully saturated rings. The van der Waals surface area contributed by atoms with Gasteiger partial charge in [0.1, 0.15) is 5.75 Å². The van der Waals surface area contributed by atoms with Crippen molar-refractivity contribution in [3.8, 4) is 5.75 Å². The van der Waals surface area contributed by atoms with Crippen molar-refractivity contribution in [3.05, 3.63) is 23.8 Å². The standard InChI is InChI=1S/C25H42N2O2/c1-19(2)17-26(22-9-10-23-21(15-22)11-14-29-23)12-8-13-27(18-20(3)4)24(28)16-25(5,6)7/h9-10,15,19-20H,8,11-14,16-18H2,1-7H3. The second-order valence-electron chi connectivity index (χ2n) is 10.6. The van der Waals surface area contributed by atoms with Crippen LogP contribution in [-0.4, -0.2) is 43.6 Å². The lowest BCUT2D eigenvalue weighted by atomic mass is 9.91. The maximum absolute atomic E-state index is 12.8. The number of carbonyl (C=O) groups excluding carboxylic acids is 1. The molecule has 4 nitrogen and oxygen atoms in total. The zero-order chi connectivity index (χ0) is 21.6. The molecule has 0 aromatic heterocycles. The molecule has 0 unspecified atom stereocenters. The molecule has 0 saturated heterocycles. The first-order chi connectivity index (χ1) is 13.5. The predicted molar refractivity (Wildman–Crippen MR) is 123 cm³/mol. The molecule has 1 aliphatic rings. The second kappa shape index (κ2) is 10.4. The lowest BCUT2D eigenvalue weighted by molar-refractivity contribution is -0.133. The molecule has 1 aromatic carbocycles. The first-order valence-corrected chi connectivity index (χ1v) is 11.3. The van der Waals surface area contributed by atoms with Gasteiger partial charge in [0.05, 0.1) is 6.61 Å². The SMILES string of the molecule is CC(C)CN(CCCN(CC(C)C)c1ccc2c(c1)CCO2)C(=O)CC(C)(C)C. The lowest BCUT2D eigenvalue weighted by Gasteiger charge is -2.31. The fourth-order valence-corrected chi connectivity index (χ4v) is 3.91. The van der Waals surface area contributed by atoms with E-state index in [2.05, 4.69) is 76.5 Å². The maximum atomic E-state index is 12.8. The third-order valence-electron chi connectivity index (χ3n) is 5.10. The van der Waals surface area contributed by atoms with Crippen LogP contribution in [0.25, 0.3) is 0 Å². The molecule has 0 saturated carbocycles. The Morgan fingerprint density at radius 2 is 1.76 bits per heavy atom. The Labute approximate surface area is 178 Å². The quantitative estimate of drug-likeness (QED) is 0.526. The lowest BCUT2D eigenvalue weighted by Crippen LogP contribution is -2.39. The molecule has 2 rings (SSSR count). The van der Waals surface area contributed by atoms with Crippen LogP contribution in [0, 0.1) is 17.3 Å². The summed E-state index contributed by atoms with van der Waals surface area (Å²) < 4.78 is 5.67. The van der Waals surface area contributed by atoms with Gasteiger partial charge in [-0.1, -0.05) is 48.5 Å². The Bertz CT molecular complexity index is 661. The average Bonchev–Trinajstić information content (AvgIpc) is 3.05. The van der Waals surface area contributed by atoms with Gasteiger partial charge in [-0.3, -0.25) is 4.79 Å². The maximum Gasteiger partial charge on any atom is 0.223 e. The number of carbonyl (C=O) groups is 1. The van der Waals surface area contributed by atoms with Gasteiger partial charge in [0.15, 0.2) is 0 Å². The normalized spacial score (nSPS) is 13.6. The zero-order valence-electron chi connectivity index (χ0n) is 19.8. The van der Waals surface area contributed by atoms with E-state index in [9.17, 15) is 4.79 Å². The number of anilines is 1. The van der Waals surface area contributed by atoms with E-state index in [1.807, 2.05) is 0 Å². The number of hydrogen-bond acceptors (Lipinski definition) is 3. The van der Waals surface area contributed by atoms with Crippen molar-refractivity contribution < 1.29 is 9.53 Å². The molecule has 1 aliphatic heterocycles. The minimum Gasteiger partial charge on any atom is -0.493 e. The number of ether oxygens (including phenoxy) is 1. The van der Waals surface area contributed by atoms with Crippen LogP contribution in [0.15, 0.2) is 18.2 Å². The number of rotatable bonds is 10. The van der Waals surface area contributed by atoms with E-state index < -0.39 is 0 Å². The van der Waals surface area contributed by atoms with Gasteiger partial charge in [-0.15, -0.1) is 0 Å². The summed E-state index contributed by atoms with van der Waals surface area (Å²) in [6, 6.07) is 6.59. The first kappa shape index (κ1) is 23.6. The predicted octanol–water partition coefficient (Wildman–Crippen LogP) is 5.39. The number of nitrogens with zero attached hydrogens (tertiary/aromatic N) is 2. The molecule has 0 aliphatic carbocycles. The Balaban J connectivity index is 2.02. The summed E-state index contributed by atoms with van der Waals surface area (Å²) >= 11 is 0. The van der Waals surface area contributed by atoms with Gasteiger partial charge in [-0.2, -0.15) is 0 Å². The zero-order valence-corrected chi connectivity index (χ0v) is 19.8. The second-order valence-corrected chi connectivity index (χ2v) is 10.6. The van der Waals surface area contributed by atoms with Crippen LogP contribution in [0.1, 0.15) is 66.9 Å². The van der Waals surface area contributed by atoms with Gasteiger partial charge in [0.2, 0.25) is 5.91 Å². The number of amides is 1. The highest BCUT2D eigenvalue weighted by atomic mass is 16.5. The Morgan fingerprint density at radius 3 is 2.38 bits per heavy atom. The highest BCUT2D eigenvalue weighted by molar-refractivity contribution is 5.76. The van der Waals surface area contributed by atoms with Crippen LogP contribution in [0.5, 0.6) is 5.75 Å². The number of benzene rings is 1. The van der Waals surface area contributed by atoms with Crippen molar-refractivity contribution >= 4 is 11.6 Å². The summed E-state index contributed by atoms with van der Waals surface area (Å²) in [5, 5.41) is 0. The third kappa shape index (κ3) is 7.91. The smallest absolute Gasteiger partial charge is 0.223 e.